The molecule has 1 aliphatic carbocycles. The van der Waals surface area contributed by atoms with Gasteiger partial charge in [-0.05, 0) is 67.4 Å². The van der Waals surface area contributed by atoms with Gasteiger partial charge in [0, 0.05) is 31.3 Å². The van der Waals surface area contributed by atoms with E-state index in [4.69, 9.17) is 14.7 Å². The first kappa shape index (κ1) is 21.4. The summed E-state index contributed by atoms with van der Waals surface area (Å²) < 4.78 is 21.4. The molecule has 0 saturated carbocycles. The normalized spacial score (nSPS) is 15.1. The Bertz CT molecular complexity index is 1510. The average molecular weight is 467 g/mol. The van der Waals surface area contributed by atoms with Gasteiger partial charge in [0.1, 0.15) is 5.82 Å². The van der Waals surface area contributed by atoms with Crippen molar-refractivity contribution in [3.05, 3.63) is 90.3 Å². The number of nitrogens with one attached hydrogen (secondary N) is 1. The third-order valence-corrected chi connectivity index (χ3v) is 6.11. The quantitative estimate of drug-likeness (QED) is 0.382. The summed E-state index contributed by atoms with van der Waals surface area (Å²) in [6.45, 7) is 1.40. The number of anilines is 2. The van der Waals surface area contributed by atoms with Gasteiger partial charge in [-0.15, -0.1) is 0 Å². The minimum absolute atomic E-state index is 0.158. The van der Waals surface area contributed by atoms with E-state index in [1.54, 1.807) is 30.6 Å². The summed E-state index contributed by atoms with van der Waals surface area (Å²) in [6.07, 6.45) is 5.13. The molecule has 0 unspecified atom stereocenters. The molecule has 8 heteroatoms. The molecule has 0 bridgehead atoms. The number of fused-ring (bicyclic) bond motifs is 2. The molecule has 0 atom stereocenters. The molecule has 7 nitrogen and oxygen atoms in total. The van der Waals surface area contributed by atoms with Crippen molar-refractivity contribution in [2.45, 2.75) is 18.9 Å². The molecular weight excluding hydrogens is 443 g/mol. The zero-order chi connectivity index (χ0) is 23.6. The fourth-order valence-electron chi connectivity index (χ4n) is 4.41. The van der Waals surface area contributed by atoms with Gasteiger partial charge in [-0.1, -0.05) is 12.1 Å². The number of ether oxygens (including phenoxy) is 1. The van der Waals surface area contributed by atoms with Gasteiger partial charge < -0.3 is 14.6 Å². The van der Waals surface area contributed by atoms with E-state index in [9.17, 15) is 4.39 Å². The Morgan fingerprint density at radius 2 is 1.71 bits per heavy atom. The van der Waals surface area contributed by atoms with E-state index in [0.29, 0.717) is 19.2 Å². The summed E-state index contributed by atoms with van der Waals surface area (Å²) in [6, 6.07) is 20.4. The monoisotopic (exact) mass is 466 g/mol. The first-order valence-corrected chi connectivity index (χ1v) is 11.6. The van der Waals surface area contributed by atoms with Gasteiger partial charge >= 0.3 is 0 Å². The van der Waals surface area contributed by atoms with Crippen LogP contribution in [0.15, 0.2) is 84.1 Å². The van der Waals surface area contributed by atoms with Crippen LogP contribution in [0.2, 0.25) is 0 Å². The van der Waals surface area contributed by atoms with Crippen LogP contribution in [-0.2, 0) is 4.74 Å². The van der Waals surface area contributed by atoms with Gasteiger partial charge in [-0.25, -0.2) is 19.3 Å². The average Bonchev–Trinajstić information content (AvgIpc) is 2.90. The van der Waals surface area contributed by atoms with Crippen molar-refractivity contribution in [2.24, 2.45) is 4.99 Å². The van der Waals surface area contributed by atoms with Crippen molar-refractivity contribution in [1.29, 1.82) is 0 Å². The van der Waals surface area contributed by atoms with E-state index >= 15 is 0 Å². The Labute approximate surface area is 201 Å². The second-order valence-corrected chi connectivity index (χ2v) is 8.44. The van der Waals surface area contributed by atoms with E-state index in [1.165, 1.54) is 12.1 Å². The highest BCUT2D eigenvalue weighted by atomic mass is 19.1. The lowest BCUT2D eigenvalue weighted by Crippen LogP contribution is -2.23. The summed E-state index contributed by atoms with van der Waals surface area (Å²) in [7, 11) is 0. The minimum Gasteiger partial charge on any atom is -0.381 e. The Kier molecular flexibility index (Phi) is 5.64. The third-order valence-electron chi connectivity index (χ3n) is 6.11. The van der Waals surface area contributed by atoms with Crippen molar-refractivity contribution >= 4 is 22.7 Å². The van der Waals surface area contributed by atoms with Crippen LogP contribution in [0, 0.1) is 5.82 Å². The molecule has 2 aliphatic heterocycles. The van der Waals surface area contributed by atoms with Crippen molar-refractivity contribution in [3.8, 4) is 17.1 Å². The SMILES string of the molecule is Fc1ccc(-n2c3c/c(=N\C4CCOCC4)c(Nc4ncccn4)cc-3nc3ccccc32)cc1. The molecule has 0 spiro atoms. The molecule has 3 aromatic rings. The summed E-state index contributed by atoms with van der Waals surface area (Å²) in [5.74, 6) is 0.212. The topological polar surface area (TPSA) is 77.2 Å². The molecule has 174 valence electrons. The predicted octanol–water partition coefficient (Wildman–Crippen LogP) is 4.88. The van der Waals surface area contributed by atoms with E-state index in [-0.39, 0.29) is 11.9 Å². The largest absolute Gasteiger partial charge is 0.381 e. The van der Waals surface area contributed by atoms with Crippen LogP contribution in [0.25, 0.3) is 28.1 Å². The number of benzene rings is 3. The molecule has 1 N–H and O–H groups in total. The second kappa shape index (κ2) is 9.23. The zero-order valence-corrected chi connectivity index (χ0v) is 18.9. The van der Waals surface area contributed by atoms with Crippen LogP contribution >= 0.6 is 0 Å². The van der Waals surface area contributed by atoms with Gasteiger partial charge in [0.25, 0.3) is 0 Å². The van der Waals surface area contributed by atoms with Crippen LogP contribution in [0.4, 0.5) is 16.0 Å². The van der Waals surface area contributed by atoms with Crippen molar-refractivity contribution < 1.29 is 9.13 Å². The smallest absolute Gasteiger partial charge is 0.227 e. The molecule has 1 saturated heterocycles. The first-order chi connectivity index (χ1) is 17.2. The number of nitrogens with zero attached hydrogens (tertiary/aromatic N) is 5. The van der Waals surface area contributed by atoms with Crippen molar-refractivity contribution in [3.63, 3.8) is 0 Å². The number of halogens is 1. The number of rotatable bonds is 4. The Balaban J connectivity index is 1.62. The molecular formula is C27H23FN6O. The van der Waals surface area contributed by atoms with Crippen LogP contribution in [0.5, 0.6) is 0 Å². The summed E-state index contributed by atoms with van der Waals surface area (Å²) in [4.78, 5) is 18.7. The van der Waals surface area contributed by atoms with Gasteiger partial charge in [0.05, 0.1) is 39.5 Å². The molecule has 6 rings (SSSR count). The molecule has 0 radical (unpaired) electrons. The van der Waals surface area contributed by atoms with Gasteiger partial charge in [0.15, 0.2) is 0 Å². The highest BCUT2D eigenvalue weighted by molar-refractivity contribution is 5.84. The lowest BCUT2D eigenvalue weighted by molar-refractivity contribution is 0.0864. The van der Waals surface area contributed by atoms with E-state index in [1.807, 2.05) is 36.4 Å². The molecule has 1 fully saturated rings. The lowest BCUT2D eigenvalue weighted by Gasteiger charge is -2.21. The fourth-order valence-corrected chi connectivity index (χ4v) is 4.41. The summed E-state index contributed by atoms with van der Waals surface area (Å²) in [5.41, 5.74) is 5.04. The minimum atomic E-state index is -0.276. The van der Waals surface area contributed by atoms with Crippen LogP contribution in [0.3, 0.4) is 0 Å². The van der Waals surface area contributed by atoms with Crippen molar-refractivity contribution in [1.82, 2.24) is 19.5 Å². The molecule has 3 heterocycles. The van der Waals surface area contributed by atoms with Gasteiger partial charge in [-0.3, -0.25) is 4.99 Å². The standard InChI is InChI=1S/C27H23FN6O/c28-18-6-8-20(9-7-18)34-25-5-2-1-4-21(25)32-24-16-22(33-27-29-12-3-13-30-27)23(17-26(24)34)31-19-10-14-35-15-11-19/h1-9,12-13,16-17,19H,10-11,14-15H2,(H,29,30,33)/b31-23+. The van der Waals surface area contributed by atoms with E-state index in [2.05, 4.69) is 19.9 Å². The number of hydrogen-bond acceptors (Lipinski definition) is 6. The number of aromatic nitrogens is 4. The lowest BCUT2D eigenvalue weighted by atomic mass is 10.1. The van der Waals surface area contributed by atoms with Crippen LogP contribution in [0.1, 0.15) is 12.8 Å². The number of para-hydroxylation sites is 2. The van der Waals surface area contributed by atoms with E-state index < -0.39 is 0 Å². The first-order valence-electron chi connectivity index (χ1n) is 11.6. The highest BCUT2D eigenvalue weighted by Gasteiger charge is 2.18. The van der Waals surface area contributed by atoms with Crippen LogP contribution in [-0.4, -0.2) is 38.8 Å². The molecule has 35 heavy (non-hydrogen) atoms. The van der Waals surface area contributed by atoms with Crippen LogP contribution < -0.4 is 10.7 Å². The fraction of sp³-hybridized carbons (Fsp3) is 0.185. The van der Waals surface area contributed by atoms with E-state index in [0.717, 1.165) is 52.0 Å². The third kappa shape index (κ3) is 4.36. The van der Waals surface area contributed by atoms with Gasteiger partial charge in [0.2, 0.25) is 5.95 Å². The maximum atomic E-state index is 13.7. The highest BCUT2D eigenvalue weighted by Crippen LogP contribution is 2.30. The Morgan fingerprint density at radius 1 is 0.943 bits per heavy atom. The Morgan fingerprint density at radius 3 is 2.51 bits per heavy atom. The predicted molar refractivity (Wildman–Crippen MR) is 132 cm³/mol. The second-order valence-electron chi connectivity index (χ2n) is 8.44. The van der Waals surface area contributed by atoms with Crippen molar-refractivity contribution in [2.75, 3.05) is 18.5 Å². The maximum Gasteiger partial charge on any atom is 0.227 e. The molecule has 2 aromatic carbocycles. The Hall–Kier alpha value is -4.17. The van der Waals surface area contributed by atoms with Gasteiger partial charge in [-0.2, -0.15) is 0 Å². The maximum absolute atomic E-state index is 13.7. The zero-order valence-electron chi connectivity index (χ0n) is 18.9. The molecule has 3 aliphatic rings. The summed E-state index contributed by atoms with van der Waals surface area (Å²) >= 11 is 0. The molecule has 1 aromatic heterocycles. The molecule has 0 amide bonds. The number of hydrogen-bond donors (Lipinski definition) is 1. The summed E-state index contributed by atoms with van der Waals surface area (Å²) in [5, 5.41) is 4.12.